The third kappa shape index (κ3) is 3.99. The first-order valence-electron chi connectivity index (χ1n) is 15.4. The summed E-state index contributed by atoms with van der Waals surface area (Å²) in [5.41, 5.74) is -0.00917. The number of esters is 3. The van der Waals surface area contributed by atoms with Crippen LogP contribution >= 0.6 is 0 Å². The quantitative estimate of drug-likeness (QED) is 0.246. The molecule has 0 amide bonds. The van der Waals surface area contributed by atoms with Crippen molar-refractivity contribution in [2.75, 3.05) is 13.7 Å². The van der Waals surface area contributed by atoms with E-state index in [1.54, 1.807) is 32.4 Å². The molecular weight excluding hydrogens is 552 g/mol. The van der Waals surface area contributed by atoms with Crippen LogP contribution in [0.4, 0.5) is 0 Å². The number of ether oxygens (including phenoxy) is 5. The van der Waals surface area contributed by atoms with Crippen LogP contribution in [0.2, 0.25) is 0 Å². The number of hydrogen-bond donors (Lipinski definition) is 0. The molecule has 2 aliphatic heterocycles. The van der Waals surface area contributed by atoms with Gasteiger partial charge in [0.25, 0.3) is 0 Å². The van der Waals surface area contributed by atoms with Crippen LogP contribution in [0.3, 0.4) is 0 Å². The second-order valence-corrected chi connectivity index (χ2v) is 14.1. The third-order valence-electron chi connectivity index (χ3n) is 12.2. The monoisotopic (exact) mass is 596 g/mol. The Hall–Kier alpha value is -2.91. The maximum Gasteiger partial charge on any atom is 0.333 e. The zero-order valence-corrected chi connectivity index (χ0v) is 26.4. The Bertz CT molecular complexity index is 1380. The standard InChI is InChI=1S/C34H44O9/c1-9-18(2)30(37)42-25-15-24(41-19(3)35)31(4)17-40-27-28(31)33(25,6)23(14-26(36)38-8)32(5)22-11-10-21(20-12-13-39-16-20)34(22,7)43-29(27)32/h9-10,12-13,16,22-25,27-29H,11,14-15,17H2,1-8H3/b18-9-/t22?,23-,24+,25-,27+,28?,29+,31+,32-,33-,34+/m0/s1. The highest BCUT2D eigenvalue weighted by Gasteiger charge is 2.80. The van der Waals surface area contributed by atoms with E-state index in [-0.39, 0.29) is 42.4 Å². The fraction of sp³-hybridized carbons (Fsp3) is 0.676. The Balaban J connectivity index is 1.54. The van der Waals surface area contributed by atoms with E-state index < -0.39 is 46.0 Å². The van der Waals surface area contributed by atoms with Crippen molar-refractivity contribution >= 4 is 23.5 Å². The number of furan rings is 1. The number of methoxy groups -OCH3 is 1. The van der Waals surface area contributed by atoms with E-state index in [9.17, 15) is 14.4 Å². The molecule has 11 atom stereocenters. The van der Waals surface area contributed by atoms with Gasteiger partial charge in [0, 0.05) is 59.0 Å². The minimum absolute atomic E-state index is 0.0117. The Morgan fingerprint density at radius 2 is 1.81 bits per heavy atom. The molecular formula is C34H44O9. The minimum atomic E-state index is -0.733. The first-order valence-corrected chi connectivity index (χ1v) is 15.4. The molecule has 0 radical (unpaired) electrons. The summed E-state index contributed by atoms with van der Waals surface area (Å²) < 4.78 is 37.1. The molecule has 6 rings (SSSR count). The fourth-order valence-electron chi connectivity index (χ4n) is 10.2. The largest absolute Gasteiger partial charge is 0.472 e. The molecule has 9 nitrogen and oxygen atoms in total. The van der Waals surface area contributed by atoms with Crippen LogP contribution in [0.15, 0.2) is 40.7 Å². The lowest BCUT2D eigenvalue weighted by Crippen LogP contribution is -2.71. The zero-order chi connectivity index (χ0) is 31.1. The van der Waals surface area contributed by atoms with E-state index >= 15 is 0 Å². The van der Waals surface area contributed by atoms with Crippen LogP contribution in [0, 0.1) is 34.0 Å². The van der Waals surface area contributed by atoms with Crippen molar-refractivity contribution in [3.63, 3.8) is 0 Å². The minimum Gasteiger partial charge on any atom is -0.472 e. The number of carbonyl (C=O) groups is 3. The number of rotatable bonds is 6. The SMILES string of the molecule is C/C=C(/C)C(=O)O[C@H]1C[C@@H](OC(C)=O)[C@@]2(C)CO[C@@H]3C2[C@@]1(C)[C@@H](CC(=O)OC)[C@]1(C)C2CC=C(c4ccoc4)[C@@]2(C)O[C@H]31. The third-order valence-corrected chi connectivity index (χ3v) is 12.2. The van der Waals surface area contributed by atoms with Crippen molar-refractivity contribution < 1.29 is 42.5 Å². The summed E-state index contributed by atoms with van der Waals surface area (Å²) in [6, 6.07) is 1.95. The maximum atomic E-state index is 13.4. The molecule has 234 valence electrons. The Morgan fingerprint density at radius 3 is 2.44 bits per heavy atom. The highest BCUT2D eigenvalue weighted by Crippen LogP contribution is 2.75. The van der Waals surface area contributed by atoms with E-state index in [1.807, 2.05) is 6.07 Å². The van der Waals surface area contributed by atoms with E-state index in [2.05, 4.69) is 33.8 Å². The van der Waals surface area contributed by atoms with Gasteiger partial charge in [0.2, 0.25) is 0 Å². The molecule has 3 heterocycles. The van der Waals surface area contributed by atoms with Gasteiger partial charge in [-0.05, 0) is 44.7 Å². The molecule has 0 aromatic carbocycles. The van der Waals surface area contributed by atoms with Gasteiger partial charge in [-0.2, -0.15) is 0 Å². The maximum absolute atomic E-state index is 13.4. The summed E-state index contributed by atoms with van der Waals surface area (Å²) in [7, 11) is 1.41. The lowest BCUT2D eigenvalue weighted by Gasteiger charge is -2.65. The van der Waals surface area contributed by atoms with Crippen molar-refractivity contribution in [1.29, 1.82) is 0 Å². The zero-order valence-electron chi connectivity index (χ0n) is 26.4. The van der Waals surface area contributed by atoms with Gasteiger partial charge in [-0.25, -0.2) is 4.79 Å². The highest BCUT2D eigenvalue weighted by molar-refractivity contribution is 5.87. The first kappa shape index (κ1) is 30.1. The number of allylic oxidation sites excluding steroid dienone is 2. The smallest absolute Gasteiger partial charge is 0.333 e. The first-order chi connectivity index (χ1) is 20.3. The van der Waals surface area contributed by atoms with Crippen LogP contribution < -0.4 is 0 Å². The summed E-state index contributed by atoms with van der Waals surface area (Å²) in [4.78, 5) is 39.1. The normalized spacial score (nSPS) is 44.6. The number of carbonyl (C=O) groups excluding carboxylic acids is 3. The van der Waals surface area contributed by atoms with Crippen molar-refractivity contribution in [3.05, 3.63) is 41.9 Å². The molecule has 3 aliphatic carbocycles. The second-order valence-electron chi connectivity index (χ2n) is 14.1. The molecule has 9 heteroatoms. The summed E-state index contributed by atoms with van der Waals surface area (Å²) >= 11 is 0. The van der Waals surface area contributed by atoms with Crippen molar-refractivity contribution in [3.8, 4) is 0 Å². The van der Waals surface area contributed by atoms with Gasteiger partial charge in [0.05, 0.1) is 44.1 Å². The highest BCUT2D eigenvalue weighted by atomic mass is 16.6. The molecule has 1 aromatic rings. The Morgan fingerprint density at radius 1 is 1.07 bits per heavy atom. The molecule has 4 fully saturated rings. The van der Waals surface area contributed by atoms with Gasteiger partial charge in [-0.1, -0.05) is 32.9 Å². The van der Waals surface area contributed by atoms with Gasteiger partial charge in [-0.3, -0.25) is 9.59 Å². The van der Waals surface area contributed by atoms with Crippen molar-refractivity contribution in [1.82, 2.24) is 0 Å². The summed E-state index contributed by atoms with van der Waals surface area (Å²) in [5.74, 6) is -1.66. The molecule has 2 saturated carbocycles. The molecule has 0 bridgehead atoms. The Kier molecular flexibility index (Phi) is 7.05. The average molecular weight is 597 g/mol. The lowest BCUT2D eigenvalue weighted by molar-refractivity contribution is -0.257. The van der Waals surface area contributed by atoms with Crippen molar-refractivity contribution in [2.24, 2.45) is 34.0 Å². The Labute approximate surface area is 253 Å². The molecule has 0 spiro atoms. The summed E-state index contributed by atoms with van der Waals surface area (Å²) in [6.45, 7) is 13.9. The molecule has 0 N–H and O–H groups in total. The van der Waals surface area contributed by atoms with Crippen LogP contribution in [0.1, 0.15) is 73.3 Å². The fourth-order valence-corrected chi connectivity index (χ4v) is 10.2. The molecule has 2 unspecified atom stereocenters. The average Bonchev–Trinajstić information content (AvgIpc) is 3.72. The van der Waals surface area contributed by atoms with Gasteiger partial charge in [0.1, 0.15) is 12.2 Å². The topological polar surface area (TPSA) is 111 Å². The molecule has 1 aromatic heterocycles. The van der Waals surface area contributed by atoms with Crippen LogP contribution in [0.5, 0.6) is 0 Å². The predicted molar refractivity (Wildman–Crippen MR) is 155 cm³/mol. The predicted octanol–water partition coefficient (Wildman–Crippen LogP) is 5.28. The molecule has 2 saturated heterocycles. The number of hydrogen-bond acceptors (Lipinski definition) is 9. The van der Waals surface area contributed by atoms with E-state index in [1.165, 1.54) is 14.0 Å². The van der Waals surface area contributed by atoms with Gasteiger partial charge >= 0.3 is 17.9 Å². The second kappa shape index (κ2) is 10.1. The van der Waals surface area contributed by atoms with Crippen LogP contribution in [-0.2, 0) is 38.1 Å². The van der Waals surface area contributed by atoms with E-state index in [0.29, 0.717) is 18.6 Å². The van der Waals surface area contributed by atoms with E-state index in [4.69, 9.17) is 28.1 Å². The van der Waals surface area contributed by atoms with E-state index in [0.717, 1.165) is 17.6 Å². The lowest BCUT2D eigenvalue weighted by atomic mass is 9.39. The summed E-state index contributed by atoms with van der Waals surface area (Å²) in [5, 5.41) is 0. The van der Waals surface area contributed by atoms with Gasteiger partial charge in [-0.15, -0.1) is 0 Å². The summed E-state index contributed by atoms with van der Waals surface area (Å²) in [6.07, 6.45) is 6.63. The molecule has 5 aliphatic rings. The number of fused-ring (bicyclic) bond motifs is 4. The van der Waals surface area contributed by atoms with Crippen molar-refractivity contribution in [2.45, 2.75) is 97.7 Å². The van der Waals surface area contributed by atoms with Crippen LogP contribution in [0.25, 0.3) is 5.57 Å². The van der Waals surface area contributed by atoms with Crippen LogP contribution in [-0.4, -0.2) is 61.6 Å². The molecule has 43 heavy (non-hydrogen) atoms. The van der Waals surface area contributed by atoms with Gasteiger partial charge < -0.3 is 28.1 Å². The van der Waals surface area contributed by atoms with Gasteiger partial charge in [0.15, 0.2) is 0 Å².